The molecule has 3 rings (SSSR count). The van der Waals surface area contributed by atoms with Crippen LogP contribution in [0.25, 0.3) is 0 Å². The van der Waals surface area contributed by atoms with E-state index >= 15 is 0 Å². The van der Waals surface area contributed by atoms with E-state index in [0.29, 0.717) is 13.1 Å². The third-order valence-electron chi connectivity index (χ3n) is 3.15. The van der Waals surface area contributed by atoms with Crippen LogP contribution in [0.4, 0.5) is 10.5 Å². The zero-order valence-electron chi connectivity index (χ0n) is 12.0. The SMILES string of the molecule is CC.O=C(Nc1ccccc1)N1Cc2ccccc2C1. The second-order valence-corrected chi connectivity index (χ2v) is 4.42. The highest BCUT2D eigenvalue weighted by molar-refractivity contribution is 5.89. The van der Waals surface area contributed by atoms with Crippen molar-refractivity contribution < 1.29 is 4.79 Å². The van der Waals surface area contributed by atoms with Gasteiger partial charge in [0.2, 0.25) is 0 Å². The molecule has 0 atom stereocenters. The van der Waals surface area contributed by atoms with Gasteiger partial charge in [-0.25, -0.2) is 4.79 Å². The Morgan fingerprint density at radius 3 is 1.95 bits per heavy atom. The summed E-state index contributed by atoms with van der Waals surface area (Å²) in [7, 11) is 0. The normalized spacial score (nSPS) is 12.2. The summed E-state index contributed by atoms with van der Waals surface area (Å²) in [5.41, 5.74) is 3.31. The minimum absolute atomic E-state index is 0.0441. The summed E-state index contributed by atoms with van der Waals surface area (Å²) in [4.78, 5) is 13.9. The molecule has 0 saturated carbocycles. The van der Waals surface area contributed by atoms with Crippen LogP contribution < -0.4 is 5.32 Å². The van der Waals surface area contributed by atoms with Gasteiger partial charge in [0.25, 0.3) is 0 Å². The van der Waals surface area contributed by atoms with Crippen molar-refractivity contribution in [2.24, 2.45) is 0 Å². The van der Waals surface area contributed by atoms with Gasteiger partial charge in [0.05, 0.1) is 0 Å². The topological polar surface area (TPSA) is 32.3 Å². The molecule has 1 N–H and O–H groups in total. The Morgan fingerprint density at radius 1 is 0.900 bits per heavy atom. The molecule has 0 saturated heterocycles. The maximum absolute atomic E-state index is 12.1. The van der Waals surface area contributed by atoms with Crippen molar-refractivity contribution in [3.05, 3.63) is 65.7 Å². The lowest BCUT2D eigenvalue weighted by Gasteiger charge is -2.16. The van der Waals surface area contributed by atoms with E-state index in [2.05, 4.69) is 17.4 Å². The predicted octanol–water partition coefficient (Wildman–Crippen LogP) is 4.26. The molecule has 0 spiro atoms. The van der Waals surface area contributed by atoms with Crippen molar-refractivity contribution >= 4 is 11.7 Å². The highest BCUT2D eigenvalue weighted by atomic mass is 16.2. The van der Waals surface area contributed by atoms with Gasteiger partial charge < -0.3 is 10.2 Å². The molecule has 3 heteroatoms. The monoisotopic (exact) mass is 268 g/mol. The molecular formula is C17H20N2O. The van der Waals surface area contributed by atoms with Crippen LogP contribution in [-0.4, -0.2) is 10.9 Å². The molecule has 1 heterocycles. The Balaban J connectivity index is 0.000000704. The number of amides is 2. The van der Waals surface area contributed by atoms with Gasteiger partial charge in [-0.1, -0.05) is 56.3 Å². The standard InChI is InChI=1S/C15H14N2O.C2H6/c18-15(16-14-8-2-1-3-9-14)17-10-12-6-4-5-7-13(12)11-17;1-2/h1-9H,10-11H2,(H,16,18);1-2H3. The van der Waals surface area contributed by atoms with Crippen LogP contribution in [0.1, 0.15) is 25.0 Å². The molecule has 0 bridgehead atoms. The molecule has 104 valence electrons. The largest absolute Gasteiger partial charge is 0.322 e. The quantitative estimate of drug-likeness (QED) is 0.823. The van der Waals surface area contributed by atoms with Gasteiger partial charge >= 0.3 is 6.03 Å². The van der Waals surface area contributed by atoms with E-state index in [1.165, 1.54) is 11.1 Å². The van der Waals surface area contributed by atoms with Crippen molar-refractivity contribution in [3.63, 3.8) is 0 Å². The van der Waals surface area contributed by atoms with Crippen LogP contribution in [0.5, 0.6) is 0 Å². The molecular weight excluding hydrogens is 248 g/mol. The summed E-state index contributed by atoms with van der Waals surface area (Å²) in [5, 5.41) is 2.91. The first-order valence-corrected chi connectivity index (χ1v) is 7.01. The number of nitrogens with one attached hydrogen (secondary N) is 1. The number of fused-ring (bicyclic) bond motifs is 1. The van der Waals surface area contributed by atoms with Crippen LogP contribution in [0.3, 0.4) is 0 Å². The molecule has 3 nitrogen and oxygen atoms in total. The molecule has 2 aromatic carbocycles. The number of urea groups is 1. The lowest BCUT2D eigenvalue weighted by molar-refractivity contribution is 0.212. The third-order valence-corrected chi connectivity index (χ3v) is 3.15. The van der Waals surface area contributed by atoms with Crippen molar-refractivity contribution in [2.45, 2.75) is 26.9 Å². The number of para-hydroxylation sites is 1. The lowest BCUT2D eigenvalue weighted by Crippen LogP contribution is -2.30. The fourth-order valence-electron chi connectivity index (χ4n) is 2.20. The molecule has 0 aromatic heterocycles. The molecule has 2 amide bonds. The maximum atomic E-state index is 12.1. The average Bonchev–Trinajstić information content (AvgIpc) is 2.94. The Labute approximate surface area is 120 Å². The Morgan fingerprint density at radius 2 is 1.40 bits per heavy atom. The van der Waals surface area contributed by atoms with E-state index in [4.69, 9.17) is 0 Å². The fourth-order valence-corrected chi connectivity index (χ4v) is 2.20. The van der Waals surface area contributed by atoms with Gasteiger partial charge in [0.15, 0.2) is 0 Å². The number of nitrogens with zero attached hydrogens (tertiary/aromatic N) is 1. The zero-order valence-corrected chi connectivity index (χ0v) is 12.0. The lowest BCUT2D eigenvalue weighted by atomic mass is 10.1. The summed E-state index contributed by atoms with van der Waals surface area (Å²) in [6, 6.07) is 17.7. The van der Waals surface area contributed by atoms with Gasteiger partial charge in [-0.3, -0.25) is 0 Å². The minimum Gasteiger partial charge on any atom is -0.316 e. The van der Waals surface area contributed by atoms with Crippen molar-refractivity contribution in [1.29, 1.82) is 0 Å². The van der Waals surface area contributed by atoms with Crippen LogP contribution >= 0.6 is 0 Å². The van der Waals surface area contributed by atoms with E-state index < -0.39 is 0 Å². The Bertz CT molecular complexity index is 541. The van der Waals surface area contributed by atoms with Crippen molar-refractivity contribution in [3.8, 4) is 0 Å². The van der Waals surface area contributed by atoms with Gasteiger partial charge in [-0.15, -0.1) is 0 Å². The first kappa shape index (κ1) is 14.1. The molecule has 0 unspecified atom stereocenters. The molecule has 2 aromatic rings. The average molecular weight is 268 g/mol. The van der Waals surface area contributed by atoms with E-state index in [9.17, 15) is 4.79 Å². The summed E-state index contributed by atoms with van der Waals surface area (Å²) in [6.45, 7) is 5.38. The number of rotatable bonds is 1. The van der Waals surface area contributed by atoms with Crippen molar-refractivity contribution in [1.82, 2.24) is 4.90 Å². The van der Waals surface area contributed by atoms with Gasteiger partial charge in [0, 0.05) is 18.8 Å². The van der Waals surface area contributed by atoms with Crippen LogP contribution in [0, 0.1) is 0 Å². The molecule has 0 fully saturated rings. The first-order chi connectivity index (χ1) is 9.83. The minimum atomic E-state index is -0.0441. The van der Waals surface area contributed by atoms with E-state index in [-0.39, 0.29) is 6.03 Å². The highest BCUT2D eigenvalue weighted by Gasteiger charge is 2.22. The van der Waals surface area contributed by atoms with E-state index in [1.54, 1.807) is 0 Å². The van der Waals surface area contributed by atoms with Crippen LogP contribution in [-0.2, 0) is 13.1 Å². The summed E-state index contributed by atoms with van der Waals surface area (Å²) < 4.78 is 0. The number of hydrogen-bond donors (Lipinski definition) is 1. The zero-order chi connectivity index (χ0) is 14.4. The number of hydrogen-bond acceptors (Lipinski definition) is 1. The van der Waals surface area contributed by atoms with Gasteiger partial charge in [-0.2, -0.15) is 0 Å². The fraction of sp³-hybridized carbons (Fsp3) is 0.235. The second kappa shape index (κ2) is 6.75. The Kier molecular flexibility index (Phi) is 4.77. The van der Waals surface area contributed by atoms with E-state index in [0.717, 1.165) is 5.69 Å². The van der Waals surface area contributed by atoms with Gasteiger partial charge in [0.1, 0.15) is 0 Å². The predicted molar refractivity (Wildman–Crippen MR) is 82.5 cm³/mol. The van der Waals surface area contributed by atoms with Crippen LogP contribution in [0.2, 0.25) is 0 Å². The highest BCUT2D eigenvalue weighted by Crippen LogP contribution is 2.22. The number of carbonyl (C=O) groups is 1. The molecule has 0 radical (unpaired) electrons. The summed E-state index contributed by atoms with van der Waals surface area (Å²) in [5.74, 6) is 0. The molecule has 1 aliphatic heterocycles. The number of carbonyl (C=O) groups excluding carboxylic acids is 1. The Hall–Kier alpha value is -2.29. The summed E-state index contributed by atoms with van der Waals surface area (Å²) in [6.07, 6.45) is 0. The van der Waals surface area contributed by atoms with Gasteiger partial charge in [-0.05, 0) is 23.3 Å². The van der Waals surface area contributed by atoms with E-state index in [1.807, 2.05) is 61.2 Å². The molecule has 0 aliphatic carbocycles. The third kappa shape index (κ3) is 3.18. The smallest absolute Gasteiger partial charge is 0.316 e. The summed E-state index contributed by atoms with van der Waals surface area (Å²) >= 11 is 0. The molecule has 1 aliphatic rings. The second-order valence-electron chi connectivity index (χ2n) is 4.42. The maximum Gasteiger partial charge on any atom is 0.322 e. The van der Waals surface area contributed by atoms with Crippen LogP contribution in [0.15, 0.2) is 54.6 Å². The number of anilines is 1. The first-order valence-electron chi connectivity index (χ1n) is 7.01. The van der Waals surface area contributed by atoms with Crippen molar-refractivity contribution in [2.75, 3.05) is 5.32 Å². The number of benzene rings is 2. The molecule has 20 heavy (non-hydrogen) atoms.